The van der Waals surface area contributed by atoms with Gasteiger partial charge in [0.25, 0.3) is 0 Å². The van der Waals surface area contributed by atoms with Crippen molar-refractivity contribution in [3.63, 3.8) is 0 Å². The molecule has 1 aromatic heterocycles. The molecule has 0 atom stereocenters. The zero-order valence-corrected chi connectivity index (χ0v) is 19.7. The minimum atomic E-state index is -0.0989. The number of nitrogens with one attached hydrogen (secondary N) is 1. The molecule has 1 aliphatic rings. The second-order valence-corrected chi connectivity index (χ2v) is 8.52. The topological polar surface area (TPSA) is 89.7 Å². The lowest BCUT2D eigenvalue weighted by Crippen LogP contribution is -2.37. The Labute approximate surface area is 197 Å². The van der Waals surface area contributed by atoms with E-state index in [1.54, 1.807) is 12.1 Å². The number of hydrogen-bond acceptors (Lipinski definition) is 7. The molecule has 9 heteroatoms. The smallest absolute Gasteiger partial charge is 0.241 e. The fourth-order valence-electron chi connectivity index (χ4n) is 3.96. The summed E-state index contributed by atoms with van der Waals surface area (Å²) in [4.78, 5) is 19.6. The van der Waals surface area contributed by atoms with Crippen LogP contribution in [0, 0.1) is 12.8 Å². The summed E-state index contributed by atoms with van der Waals surface area (Å²) >= 11 is 6.15. The normalized spacial score (nSPS) is 14.8. The minimum Gasteiger partial charge on any atom is -0.495 e. The molecule has 4 rings (SSSR count). The highest BCUT2D eigenvalue weighted by molar-refractivity contribution is 6.32. The van der Waals surface area contributed by atoms with Crippen LogP contribution in [0.2, 0.25) is 5.02 Å². The highest BCUT2D eigenvalue weighted by Gasteiger charge is 2.27. The number of anilines is 1. The molecule has 2 heterocycles. The Kier molecular flexibility index (Phi) is 7.15. The van der Waals surface area contributed by atoms with E-state index < -0.39 is 0 Å². The van der Waals surface area contributed by atoms with E-state index in [1.807, 2.05) is 31.2 Å². The predicted molar refractivity (Wildman–Crippen MR) is 126 cm³/mol. The van der Waals surface area contributed by atoms with Gasteiger partial charge in [-0.3, -0.25) is 9.69 Å². The second kappa shape index (κ2) is 10.2. The van der Waals surface area contributed by atoms with E-state index >= 15 is 0 Å². The van der Waals surface area contributed by atoms with E-state index in [0.29, 0.717) is 40.5 Å². The lowest BCUT2D eigenvalue weighted by Gasteiger charge is -2.30. The summed E-state index contributed by atoms with van der Waals surface area (Å²) in [5, 5.41) is 7.50. The zero-order valence-electron chi connectivity index (χ0n) is 18.9. The maximum atomic E-state index is 12.9. The van der Waals surface area contributed by atoms with Crippen LogP contribution >= 0.6 is 11.6 Å². The molecule has 174 valence electrons. The number of methoxy groups -OCH3 is 2. The lowest BCUT2D eigenvalue weighted by atomic mass is 9.95. The van der Waals surface area contributed by atoms with Gasteiger partial charge in [0.05, 0.1) is 31.5 Å². The number of likely N-dealkylation sites (tertiary alicyclic amines) is 1. The van der Waals surface area contributed by atoms with Gasteiger partial charge >= 0.3 is 0 Å². The van der Waals surface area contributed by atoms with Crippen molar-refractivity contribution in [2.75, 3.05) is 32.6 Å². The SMILES string of the molecule is COc1cc(NC(=O)C2CCN(Cc3nc(-c4cccc(C)c4)no3)CC2)c(OC)cc1Cl. The Morgan fingerprint density at radius 3 is 2.64 bits per heavy atom. The summed E-state index contributed by atoms with van der Waals surface area (Å²) in [5.74, 6) is 2.00. The van der Waals surface area contributed by atoms with Gasteiger partial charge in [-0.25, -0.2) is 0 Å². The maximum Gasteiger partial charge on any atom is 0.241 e. The molecule has 3 aromatic rings. The van der Waals surface area contributed by atoms with Gasteiger partial charge in [-0.05, 0) is 38.9 Å². The number of aromatic nitrogens is 2. The summed E-state index contributed by atoms with van der Waals surface area (Å²) in [6, 6.07) is 11.3. The van der Waals surface area contributed by atoms with Crippen molar-refractivity contribution in [3.05, 3.63) is 52.9 Å². The zero-order chi connectivity index (χ0) is 23.4. The standard InChI is InChI=1S/C24H27ClN4O4/c1-15-5-4-6-17(11-15)23-27-22(33-28-23)14-29-9-7-16(8-10-29)24(30)26-19-13-20(31-2)18(25)12-21(19)32-3/h4-6,11-13,16H,7-10,14H2,1-3H3,(H,26,30). The summed E-state index contributed by atoms with van der Waals surface area (Å²) in [5.41, 5.74) is 2.63. The van der Waals surface area contributed by atoms with E-state index in [9.17, 15) is 4.79 Å². The summed E-state index contributed by atoms with van der Waals surface area (Å²) in [7, 11) is 3.07. The molecule has 1 aliphatic heterocycles. The molecule has 1 fully saturated rings. The van der Waals surface area contributed by atoms with Crippen LogP contribution in [-0.2, 0) is 11.3 Å². The molecule has 0 bridgehead atoms. The van der Waals surface area contributed by atoms with Crippen LogP contribution in [0.25, 0.3) is 11.4 Å². The first-order valence-electron chi connectivity index (χ1n) is 10.8. The molecular formula is C24H27ClN4O4. The molecule has 2 aromatic carbocycles. The average molecular weight is 471 g/mol. The quantitative estimate of drug-likeness (QED) is 0.541. The van der Waals surface area contributed by atoms with Gasteiger partial charge in [-0.1, -0.05) is 40.5 Å². The number of nitrogens with zero attached hydrogens (tertiary/aromatic N) is 3. The monoisotopic (exact) mass is 470 g/mol. The number of hydrogen-bond donors (Lipinski definition) is 1. The van der Waals surface area contributed by atoms with Crippen LogP contribution in [0.15, 0.2) is 40.9 Å². The van der Waals surface area contributed by atoms with Crippen LogP contribution < -0.4 is 14.8 Å². The van der Waals surface area contributed by atoms with Crippen molar-refractivity contribution >= 4 is 23.2 Å². The molecule has 8 nitrogen and oxygen atoms in total. The van der Waals surface area contributed by atoms with E-state index in [-0.39, 0.29) is 11.8 Å². The van der Waals surface area contributed by atoms with Crippen molar-refractivity contribution in [1.82, 2.24) is 15.0 Å². The van der Waals surface area contributed by atoms with Crippen LogP contribution in [0.1, 0.15) is 24.3 Å². The van der Waals surface area contributed by atoms with Gasteiger partial charge in [-0.15, -0.1) is 0 Å². The Bertz CT molecular complexity index is 1130. The van der Waals surface area contributed by atoms with Crippen molar-refractivity contribution in [2.45, 2.75) is 26.3 Å². The molecule has 1 saturated heterocycles. The Morgan fingerprint density at radius 2 is 1.94 bits per heavy atom. The first-order valence-corrected chi connectivity index (χ1v) is 11.2. The van der Waals surface area contributed by atoms with Crippen LogP contribution in [0.4, 0.5) is 5.69 Å². The number of carbonyl (C=O) groups excluding carboxylic acids is 1. The number of aryl methyl sites for hydroxylation is 1. The molecule has 0 spiro atoms. The van der Waals surface area contributed by atoms with Crippen molar-refractivity contribution < 1.29 is 18.8 Å². The number of benzene rings is 2. The van der Waals surface area contributed by atoms with E-state index in [4.69, 9.17) is 25.6 Å². The third-order valence-electron chi connectivity index (χ3n) is 5.79. The van der Waals surface area contributed by atoms with Gasteiger partial charge in [0.15, 0.2) is 0 Å². The lowest BCUT2D eigenvalue weighted by molar-refractivity contribution is -0.121. The second-order valence-electron chi connectivity index (χ2n) is 8.11. The molecule has 0 saturated carbocycles. The van der Waals surface area contributed by atoms with Gasteiger partial charge in [0.2, 0.25) is 17.6 Å². The minimum absolute atomic E-state index is 0.0446. The molecule has 0 aliphatic carbocycles. The number of amides is 1. The fraction of sp³-hybridized carbons (Fsp3) is 0.375. The van der Waals surface area contributed by atoms with Gasteiger partial charge in [-0.2, -0.15) is 4.98 Å². The Hall–Kier alpha value is -3.10. The molecule has 0 radical (unpaired) electrons. The van der Waals surface area contributed by atoms with Crippen LogP contribution in [0.5, 0.6) is 11.5 Å². The van der Waals surface area contributed by atoms with Crippen molar-refractivity contribution in [1.29, 1.82) is 0 Å². The largest absolute Gasteiger partial charge is 0.495 e. The van der Waals surface area contributed by atoms with Gasteiger partial charge < -0.3 is 19.3 Å². The first-order chi connectivity index (χ1) is 16.0. The summed E-state index contributed by atoms with van der Waals surface area (Å²) < 4.78 is 16.1. The first kappa shape index (κ1) is 23.1. The number of halogens is 1. The van der Waals surface area contributed by atoms with Crippen molar-refractivity contribution in [3.8, 4) is 22.9 Å². The average Bonchev–Trinajstić information content (AvgIpc) is 3.29. The van der Waals surface area contributed by atoms with Crippen LogP contribution in [0.3, 0.4) is 0 Å². The van der Waals surface area contributed by atoms with Gasteiger partial charge in [0, 0.05) is 23.6 Å². The third kappa shape index (κ3) is 5.46. The molecule has 0 unspecified atom stereocenters. The van der Waals surface area contributed by atoms with E-state index in [2.05, 4.69) is 20.4 Å². The maximum absolute atomic E-state index is 12.9. The van der Waals surface area contributed by atoms with Crippen LogP contribution in [-0.4, -0.2) is 48.3 Å². The fourth-order valence-corrected chi connectivity index (χ4v) is 4.19. The van der Waals surface area contributed by atoms with E-state index in [0.717, 1.165) is 37.1 Å². The number of ether oxygens (including phenoxy) is 2. The van der Waals surface area contributed by atoms with E-state index in [1.165, 1.54) is 14.2 Å². The molecular weight excluding hydrogens is 444 g/mol. The third-order valence-corrected chi connectivity index (χ3v) is 6.09. The molecule has 1 amide bonds. The number of rotatable bonds is 7. The Balaban J connectivity index is 1.33. The predicted octanol–water partition coefficient (Wildman–Crippen LogP) is 4.57. The Morgan fingerprint density at radius 1 is 1.18 bits per heavy atom. The summed E-state index contributed by atoms with van der Waals surface area (Å²) in [6.45, 7) is 4.13. The van der Waals surface area contributed by atoms with Crippen molar-refractivity contribution in [2.24, 2.45) is 5.92 Å². The molecule has 33 heavy (non-hydrogen) atoms. The summed E-state index contributed by atoms with van der Waals surface area (Å²) in [6.07, 6.45) is 1.47. The van der Waals surface area contributed by atoms with Gasteiger partial charge in [0.1, 0.15) is 11.5 Å². The number of carbonyl (C=O) groups is 1. The number of piperidine rings is 1. The highest BCUT2D eigenvalue weighted by atomic mass is 35.5. The highest BCUT2D eigenvalue weighted by Crippen LogP contribution is 2.36. The molecule has 1 N–H and O–H groups in total.